The molecule has 4 aliphatic rings. The number of fused-ring (bicyclic) bond motifs is 1. The van der Waals surface area contributed by atoms with E-state index >= 15 is 0 Å². The van der Waals surface area contributed by atoms with Crippen molar-refractivity contribution in [3.63, 3.8) is 0 Å². The summed E-state index contributed by atoms with van der Waals surface area (Å²) in [5.74, 6) is -0.0839. The van der Waals surface area contributed by atoms with E-state index in [0.29, 0.717) is 17.3 Å². The van der Waals surface area contributed by atoms with Crippen LogP contribution in [0.4, 0.5) is 9.18 Å². The van der Waals surface area contributed by atoms with E-state index in [-0.39, 0.29) is 19.5 Å². The Labute approximate surface area is 177 Å². The molecule has 0 radical (unpaired) electrons. The largest absolute Gasteiger partial charge is 0.444 e. The minimum absolute atomic E-state index is 0.0825. The highest BCUT2D eigenvalue weighted by Crippen LogP contribution is 2.74. The molecule has 30 heavy (non-hydrogen) atoms. The predicted octanol–water partition coefficient (Wildman–Crippen LogP) is 2.62. The van der Waals surface area contributed by atoms with Crippen molar-refractivity contribution >= 4 is 17.9 Å². The fraction of sp³-hybridized carbons (Fsp3) is 0.864. The van der Waals surface area contributed by atoms with Crippen molar-refractivity contribution < 1.29 is 23.5 Å². The molecule has 1 aliphatic heterocycles. The highest BCUT2D eigenvalue weighted by molar-refractivity contribution is 5.89. The molecule has 1 heterocycles. The molecular weight excluding hydrogens is 389 g/mol. The number of hydrogen-bond acceptors (Lipinski definition) is 4. The maximum atomic E-state index is 14.0. The second-order valence-electron chi connectivity index (χ2n) is 11.2. The number of nitrogens with two attached hydrogens (primary N) is 1. The standard InChI is InChI=1S/C22H34FN3O4/c1-13-6-21-8-14(21)9-22(7-13,12-21)26(19(29)30-20(2,3)4)11-17(27)25-10-15(23)5-16(25)18(24)28/h13-16H,5-12H2,1-4H3,(H2,24,28)/t13?,14?,15?,16-,21?,22?/m0/s1. The highest BCUT2D eigenvalue weighted by Gasteiger charge is 2.70. The summed E-state index contributed by atoms with van der Waals surface area (Å²) in [7, 11) is 0. The van der Waals surface area contributed by atoms with Crippen LogP contribution in [0.15, 0.2) is 0 Å². The van der Waals surface area contributed by atoms with Gasteiger partial charge in [0.15, 0.2) is 0 Å². The van der Waals surface area contributed by atoms with Crippen molar-refractivity contribution in [2.45, 2.75) is 89.6 Å². The molecule has 5 unspecified atom stereocenters. The Bertz CT molecular complexity index is 764. The van der Waals surface area contributed by atoms with Crippen LogP contribution in [0.5, 0.6) is 0 Å². The average Bonchev–Trinajstić information content (AvgIpc) is 2.95. The van der Waals surface area contributed by atoms with Gasteiger partial charge in [-0.15, -0.1) is 0 Å². The number of primary amides is 1. The smallest absolute Gasteiger partial charge is 0.411 e. The Hall–Kier alpha value is -1.86. The summed E-state index contributed by atoms with van der Waals surface area (Å²) >= 11 is 0. The van der Waals surface area contributed by atoms with Crippen LogP contribution in [-0.2, 0) is 14.3 Å². The molecule has 1 spiro atoms. The number of carbonyl (C=O) groups excluding carboxylic acids is 3. The molecule has 3 amide bonds. The van der Waals surface area contributed by atoms with Gasteiger partial charge in [-0.2, -0.15) is 0 Å². The van der Waals surface area contributed by atoms with Gasteiger partial charge in [-0.05, 0) is 70.1 Å². The van der Waals surface area contributed by atoms with Gasteiger partial charge in [0, 0.05) is 12.0 Å². The van der Waals surface area contributed by atoms with Crippen molar-refractivity contribution in [3.8, 4) is 0 Å². The fourth-order valence-electron chi connectivity index (χ4n) is 6.63. The van der Waals surface area contributed by atoms with Gasteiger partial charge < -0.3 is 15.4 Å². The van der Waals surface area contributed by atoms with Crippen molar-refractivity contribution in [2.75, 3.05) is 13.1 Å². The zero-order valence-corrected chi connectivity index (χ0v) is 18.4. The Kier molecular flexibility index (Phi) is 4.86. The van der Waals surface area contributed by atoms with Gasteiger partial charge >= 0.3 is 6.09 Å². The first-order valence-electron chi connectivity index (χ1n) is 11.1. The lowest BCUT2D eigenvalue weighted by atomic mass is 9.72. The molecule has 8 heteroatoms. The maximum Gasteiger partial charge on any atom is 0.411 e. The summed E-state index contributed by atoms with van der Waals surface area (Å²) in [6.45, 7) is 7.25. The molecule has 1 saturated heterocycles. The molecule has 0 aromatic carbocycles. The van der Waals surface area contributed by atoms with Crippen LogP contribution in [0.25, 0.3) is 0 Å². The van der Waals surface area contributed by atoms with E-state index in [2.05, 4.69) is 6.92 Å². The maximum absolute atomic E-state index is 14.0. The zero-order chi connectivity index (χ0) is 22.1. The highest BCUT2D eigenvalue weighted by atomic mass is 19.1. The average molecular weight is 424 g/mol. The predicted molar refractivity (Wildman–Crippen MR) is 108 cm³/mol. The Morgan fingerprint density at radius 3 is 2.53 bits per heavy atom. The van der Waals surface area contributed by atoms with E-state index in [4.69, 9.17) is 10.5 Å². The van der Waals surface area contributed by atoms with Crippen LogP contribution in [0.1, 0.15) is 66.2 Å². The first-order valence-corrected chi connectivity index (χ1v) is 11.1. The molecule has 3 saturated carbocycles. The van der Waals surface area contributed by atoms with Gasteiger partial charge in [0.2, 0.25) is 11.8 Å². The van der Waals surface area contributed by atoms with E-state index in [1.54, 1.807) is 25.7 Å². The molecule has 7 nitrogen and oxygen atoms in total. The number of hydrogen-bond donors (Lipinski definition) is 1. The lowest BCUT2D eigenvalue weighted by Crippen LogP contribution is -2.58. The number of carbonyl (C=O) groups is 3. The van der Waals surface area contributed by atoms with Crippen molar-refractivity contribution in [1.29, 1.82) is 0 Å². The molecule has 3 aliphatic carbocycles. The minimum Gasteiger partial charge on any atom is -0.444 e. The molecular formula is C22H34FN3O4. The minimum atomic E-state index is -1.28. The number of ether oxygens (including phenoxy) is 1. The Balaban J connectivity index is 1.59. The molecule has 2 N–H and O–H groups in total. The quantitative estimate of drug-likeness (QED) is 0.752. The van der Waals surface area contributed by atoms with Crippen LogP contribution in [0.3, 0.4) is 0 Å². The van der Waals surface area contributed by atoms with E-state index < -0.39 is 41.3 Å². The number of rotatable bonds is 4. The lowest BCUT2D eigenvalue weighted by molar-refractivity contribution is -0.140. The van der Waals surface area contributed by atoms with Crippen LogP contribution >= 0.6 is 0 Å². The van der Waals surface area contributed by atoms with Crippen LogP contribution < -0.4 is 5.73 Å². The van der Waals surface area contributed by atoms with E-state index in [1.165, 1.54) is 17.7 Å². The molecule has 6 atom stereocenters. The van der Waals surface area contributed by atoms with Gasteiger partial charge in [-0.1, -0.05) is 6.92 Å². The first-order chi connectivity index (χ1) is 13.8. The third-order valence-electron chi connectivity index (χ3n) is 7.53. The van der Waals surface area contributed by atoms with E-state index in [0.717, 1.165) is 19.3 Å². The number of amides is 3. The van der Waals surface area contributed by atoms with Gasteiger partial charge in [0.25, 0.3) is 0 Å². The third kappa shape index (κ3) is 3.66. The molecule has 168 valence electrons. The second-order valence-corrected chi connectivity index (χ2v) is 11.2. The van der Waals surface area contributed by atoms with E-state index in [9.17, 15) is 18.8 Å². The van der Waals surface area contributed by atoms with Crippen LogP contribution in [0, 0.1) is 17.3 Å². The Morgan fingerprint density at radius 1 is 1.20 bits per heavy atom. The molecule has 2 bridgehead atoms. The topological polar surface area (TPSA) is 92.9 Å². The number of likely N-dealkylation sites (tertiary alicyclic amines) is 1. The number of halogens is 1. The third-order valence-corrected chi connectivity index (χ3v) is 7.53. The summed E-state index contributed by atoms with van der Waals surface area (Å²) in [5, 5.41) is 0. The fourth-order valence-corrected chi connectivity index (χ4v) is 6.63. The Morgan fingerprint density at radius 2 is 1.90 bits per heavy atom. The van der Waals surface area contributed by atoms with E-state index in [1.807, 2.05) is 0 Å². The molecule has 0 aromatic rings. The molecule has 4 fully saturated rings. The second kappa shape index (κ2) is 6.82. The summed E-state index contributed by atoms with van der Waals surface area (Å²) in [5.41, 5.74) is 4.60. The summed E-state index contributed by atoms with van der Waals surface area (Å²) in [6, 6.07) is -0.959. The lowest BCUT2D eigenvalue weighted by Gasteiger charge is -2.47. The van der Waals surface area contributed by atoms with Crippen LogP contribution in [-0.4, -0.2) is 64.2 Å². The SMILES string of the molecule is CC1CC23CC2CC(N(CC(=O)N2CC(F)C[C@H]2C(N)=O)C(=O)OC(C)(C)C)(C1)C3. The zero-order valence-electron chi connectivity index (χ0n) is 18.4. The van der Waals surface area contributed by atoms with Crippen LogP contribution in [0.2, 0.25) is 0 Å². The first kappa shape index (κ1) is 21.4. The van der Waals surface area contributed by atoms with Gasteiger partial charge in [0.05, 0.1) is 6.54 Å². The number of nitrogens with zero attached hydrogens (tertiary/aromatic N) is 2. The number of alkyl halides is 1. The summed E-state index contributed by atoms with van der Waals surface area (Å²) < 4.78 is 19.7. The molecule has 4 rings (SSSR count). The van der Waals surface area contributed by atoms with Crippen molar-refractivity contribution in [1.82, 2.24) is 9.80 Å². The van der Waals surface area contributed by atoms with Gasteiger partial charge in [-0.25, -0.2) is 9.18 Å². The summed E-state index contributed by atoms with van der Waals surface area (Å²) in [4.78, 5) is 41.0. The van der Waals surface area contributed by atoms with Crippen molar-refractivity contribution in [2.24, 2.45) is 23.0 Å². The normalized spacial score (nSPS) is 39.4. The monoisotopic (exact) mass is 423 g/mol. The summed E-state index contributed by atoms with van der Waals surface area (Å²) in [6.07, 6.45) is 3.12. The van der Waals surface area contributed by atoms with Crippen molar-refractivity contribution in [3.05, 3.63) is 0 Å². The molecule has 0 aromatic heterocycles. The van der Waals surface area contributed by atoms with Gasteiger partial charge in [-0.3, -0.25) is 14.5 Å². The van der Waals surface area contributed by atoms with Gasteiger partial charge in [0.1, 0.15) is 24.4 Å².